The molecule has 2 aliphatic heterocycles. The predicted molar refractivity (Wildman–Crippen MR) is 65.6 cm³/mol. The maximum Gasteiger partial charge on any atom is 0.125 e. The molecule has 4 nitrogen and oxygen atoms in total. The van der Waals surface area contributed by atoms with Crippen LogP contribution in [0.4, 0.5) is 5.82 Å². The number of ether oxygens (including phenoxy) is 1. The Morgan fingerprint density at radius 2 is 2.44 bits per heavy atom. The molecule has 0 aromatic carbocycles. The number of nitrogen functional groups attached to an aromatic ring is 1. The molecule has 1 saturated heterocycles. The molecule has 5 heteroatoms. The van der Waals surface area contributed by atoms with Crippen molar-refractivity contribution in [1.29, 1.82) is 0 Å². The lowest BCUT2D eigenvalue weighted by Crippen LogP contribution is -2.19. The molecule has 2 N–H and O–H groups in total. The van der Waals surface area contributed by atoms with Crippen LogP contribution in [-0.4, -0.2) is 27.9 Å². The summed E-state index contributed by atoms with van der Waals surface area (Å²) in [5.74, 6) is 3.30. The summed E-state index contributed by atoms with van der Waals surface area (Å²) in [7, 11) is 0. The van der Waals surface area contributed by atoms with Gasteiger partial charge in [0, 0.05) is 17.7 Å². The Morgan fingerprint density at radius 3 is 3.19 bits per heavy atom. The summed E-state index contributed by atoms with van der Waals surface area (Å²) in [5, 5.41) is 4.63. The highest BCUT2D eigenvalue weighted by molar-refractivity contribution is 7.99. The maximum atomic E-state index is 6.19. The van der Waals surface area contributed by atoms with E-state index in [1.54, 1.807) is 0 Å². The van der Waals surface area contributed by atoms with Crippen LogP contribution in [-0.2, 0) is 17.8 Å². The third kappa shape index (κ3) is 1.72. The van der Waals surface area contributed by atoms with Crippen molar-refractivity contribution in [2.75, 3.05) is 23.8 Å². The number of aromatic nitrogens is 2. The van der Waals surface area contributed by atoms with E-state index in [2.05, 4.69) is 5.10 Å². The van der Waals surface area contributed by atoms with E-state index < -0.39 is 0 Å². The van der Waals surface area contributed by atoms with Gasteiger partial charge in [-0.3, -0.25) is 0 Å². The fraction of sp³-hybridized carbons (Fsp3) is 0.727. The van der Waals surface area contributed by atoms with Crippen LogP contribution in [0.5, 0.6) is 0 Å². The molecule has 16 heavy (non-hydrogen) atoms. The zero-order chi connectivity index (χ0) is 11.0. The Bertz CT molecular complexity index is 385. The molecule has 0 saturated carbocycles. The fourth-order valence-corrected chi connectivity index (χ4v) is 3.57. The van der Waals surface area contributed by atoms with Crippen molar-refractivity contribution in [3.05, 3.63) is 11.3 Å². The lowest BCUT2D eigenvalue weighted by molar-refractivity contribution is 0.108. The molecular weight excluding hydrogens is 222 g/mol. The molecule has 1 aromatic rings. The minimum absolute atomic E-state index is 0.490. The monoisotopic (exact) mass is 239 g/mol. The van der Waals surface area contributed by atoms with Crippen molar-refractivity contribution >= 4 is 17.6 Å². The molecule has 0 radical (unpaired) electrons. The van der Waals surface area contributed by atoms with Crippen LogP contribution in [0.2, 0.25) is 0 Å². The number of anilines is 1. The van der Waals surface area contributed by atoms with E-state index in [0.717, 1.165) is 30.3 Å². The van der Waals surface area contributed by atoms with Crippen LogP contribution in [0.3, 0.4) is 0 Å². The SMILES string of the molecule is Nc1c2c(nn1C1CCCSC1)COCC2. The molecule has 1 unspecified atom stereocenters. The molecule has 1 fully saturated rings. The van der Waals surface area contributed by atoms with Gasteiger partial charge in [0.15, 0.2) is 0 Å². The summed E-state index contributed by atoms with van der Waals surface area (Å²) in [4.78, 5) is 0. The predicted octanol–water partition coefficient (Wildman–Crippen LogP) is 1.61. The summed E-state index contributed by atoms with van der Waals surface area (Å²) in [6.45, 7) is 1.41. The second-order valence-corrected chi connectivity index (χ2v) is 5.58. The van der Waals surface area contributed by atoms with Gasteiger partial charge in [-0.05, 0) is 18.6 Å². The van der Waals surface area contributed by atoms with E-state index in [1.165, 1.54) is 24.2 Å². The van der Waals surface area contributed by atoms with Crippen molar-refractivity contribution < 1.29 is 4.74 Å². The maximum absolute atomic E-state index is 6.19. The highest BCUT2D eigenvalue weighted by Gasteiger charge is 2.24. The first-order valence-corrected chi connectivity index (χ1v) is 7.03. The van der Waals surface area contributed by atoms with Crippen LogP contribution in [0.15, 0.2) is 0 Å². The van der Waals surface area contributed by atoms with Gasteiger partial charge in [-0.2, -0.15) is 16.9 Å². The Balaban J connectivity index is 1.91. The largest absolute Gasteiger partial charge is 0.384 e. The van der Waals surface area contributed by atoms with E-state index in [0.29, 0.717) is 12.6 Å². The van der Waals surface area contributed by atoms with Crippen molar-refractivity contribution in [3.8, 4) is 0 Å². The van der Waals surface area contributed by atoms with Gasteiger partial charge in [0.05, 0.1) is 24.9 Å². The van der Waals surface area contributed by atoms with Crippen LogP contribution in [0.1, 0.15) is 30.1 Å². The van der Waals surface area contributed by atoms with Gasteiger partial charge >= 0.3 is 0 Å². The highest BCUT2D eigenvalue weighted by Crippen LogP contribution is 2.31. The number of nitrogens with zero attached hydrogens (tertiary/aromatic N) is 2. The average Bonchev–Trinajstić information content (AvgIpc) is 2.69. The Kier molecular flexibility index (Phi) is 2.81. The quantitative estimate of drug-likeness (QED) is 0.809. The lowest BCUT2D eigenvalue weighted by Gasteiger charge is -2.22. The van der Waals surface area contributed by atoms with Gasteiger partial charge in [0.1, 0.15) is 5.82 Å². The number of hydrogen-bond donors (Lipinski definition) is 1. The Labute approximate surface area is 99.5 Å². The van der Waals surface area contributed by atoms with Gasteiger partial charge in [0.2, 0.25) is 0 Å². The molecule has 0 aliphatic carbocycles. The Hall–Kier alpha value is -0.680. The standard InChI is InChI=1S/C11H17N3OS/c12-11-9-3-4-15-6-10(9)13-14(11)8-2-1-5-16-7-8/h8H,1-7,12H2. The van der Waals surface area contributed by atoms with Crippen molar-refractivity contribution in [3.63, 3.8) is 0 Å². The molecule has 3 rings (SSSR count). The number of nitrogens with two attached hydrogens (primary N) is 1. The molecule has 0 amide bonds. The zero-order valence-corrected chi connectivity index (χ0v) is 10.1. The van der Waals surface area contributed by atoms with Crippen LogP contribution in [0.25, 0.3) is 0 Å². The van der Waals surface area contributed by atoms with E-state index in [-0.39, 0.29) is 0 Å². The summed E-state index contributed by atoms with van der Waals surface area (Å²) in [5.41, 5.74) is 8.47. The average molecular weight is 239 g/mol. The van der Waals surface area contributed by atoms with Gasteiger partial charge < -0.3 is 10.5 Å². The van der Waals surface area contributed by atoms with E-state index >= 15 is 0 Å². The normalized spacial score (nSPS) is 25.4. The molecule has 1 aromatic heterocycles. The molecule has 2 aliphatic rings. The van der Waals surface area contributed by atoms with Gasteiger partial charge in [-0.25, -0.2) is 4.68 Å². The van der Waals surface area contributed by atoms with E-state index in [9.17, 15) is 0 Å². The van der Waals surface area contributed by atoms with Crippen LogP contribution >= 0.6 is 11.8 Å². The van der Waals surface area contributed by atoms with E-state index in [1.807, 2.05) is 16.4 Å². The molecular formula is C11H17N3OS. The Morgan fingerprint density at radius 1 is 1.50 bits per heavy atom. The van der Waals surface area contributed by atoms with E-state index in [4.69, 9.17) is 10.5 Å². The second-order valence-electron chi connectivity index (χ2n) is 4.43. The number of thioether (sulfide) groups is 1. The molecule has 1 atom stereocenters. The first kappa shape index (κ1) is 10.5. The van der Waals surface area contributed by atoms with Gasteiger partial charge in [-0.1, -0.05) is 0 Å². The van der Waals surface area contributed by atoms with Gasteiger partial charge in [-0.15, -0.1) is 0 Å². The summed E-state index contributed by atoms with van der Waals surface area (Å²) in [6.07, 6.45) is 3.40. The number of rotatable bonds is 1. The first-order valence-electron chi connectivity index (χ1n) is 5.87. The smallest absolute Gasteiger partial charge is 0.125 e. The topological polar surface area (TPSA) is 53.1 Å². The van der Waals surface area contributed by atoms with Crippen molar-refractivity contribution in [2.24, 2.45) is 0 Å². The highest BCUT2D eigenvalue weighted by atomic mass is 32.2. The first-order chi connectivity index (χ1) is 7.86. The zero-order valence-electron chi connectivity index (χ0n) is 9.32. The summed E-state index contributed by atoms with van der Waals surface area (Å²) >= 11 is 2.00. The second kappa shape index (κ2) is 4.30. The molecule has 3 heterocycles. The third-order valence-electron chi connectivity index (χ3n) is 3.35. The van der Waals surface area contributed by atoms with Crippen molar-refractivity contribution in [2.45, 2.75) is 31.9 Å². The van der Waals surface area contributed by atoms with Crippen LogP contribution in [0, 0.1) is 0 Å². The van der Waals surface area contributed by atoms with Crippen molar-refractivity contribution in [1.82, 2.24) is 9.78 Å². The minimum Gasteiger partial charge on any atom is -0.384 e. The molecule has 0 spiro atoms. The summed E-state index contributed by atoms with van der Waals surface area (Å²) in [6, 6.07) is 0.490. The van der Waals surface area contributed by atoms with Gasteiger partial charge in [0.25, 0.3) is 0 Å². The summed E-state index contributed by atoms with van der Waals surface area (Å²) < 4.78 is 7.46. The number of hydrogen-bond acceptors (Lipinski definition) is 4. The van der Waals surface area contributed by atoms with Crippen LogP contribution < -0.4 is 5.73 Å². The fourth-order valence-electron chi connectivity index (χ4n) is 2.46. The minimum atomic E-state index is 0.490. The third-order valence-corrected chi connectivity index (χ3v) is 4.55. The molecule has 0 bridgehead atoms. The molecule has 88 valence electrons. The lowest BCUT2D eigenvalue weighted by atomic mass is 10.1. The number of fused-ring (bicyclic) bond motifs is 1.